The monoisotopic (exact) mass is 315 g/mol. The van der Waals surface area contributed by atoms with Crippen LogP contribution in [0.5, 0.6) is 11.5 Å². The van der Waals surface area contributed by atoms with Crippen molar-refractivity contribution in [1.82, 2.24) is 4.90 Å². The lowest BCUT2D eigenvalue weighted by molar-refractivity contribution is 0.0789. The highest BCUT2D eigenvalue weighted by Crippen LogP contribution is 2.23. The Balaban J connectivity index is 2.60. The van der Waals surface area contributed by atoms with Crippen LogP contribution in [-0.2, 0) is 0 Å². The number of hydrogen-bond donors (Lipinski definition) is 2. The van der Waals surface area contributed by atoms with Gasteiger partial charge in [-0.2, -0.15) is 0 Å². The van der Waals surface area contributed by atoms with Crippen molar-refractivity contribution in [2.45, 2.75) is 19.3 Å². The van der Waals surface area contributed by atoms with E-state index >= 15 is 0 Å². The number of nitrogens with zero attached hydrogens (tertiary/aromatic N) is 1. The smallest absolute Gasteiger partial charge is 0.257 e. The van der Waals surface area contributed by atoms with Crippen LogP contribution >= 0.6 is 15.9 Å². The lowest BCUT2D eigenvalue weighted by Gasteiger charge is -2.17. The molecule has 0 saturated carbocycles. The SMILES string of the molecule is CN(CCCCCBr)C(=O)c1cc(O)ccc1O. The normalized spacial score (nSPS) is 10.3. The molecule has 0 fully saturated rings. The van der Waals surface area contributed by atoms with E-state index in [1.807, 2.05) is 0 Å². The molecule has 2 N–H and O–H groups in total. The van der Waals surface area contributed by atoms with E-state index in [0.29, 0.717) is 6.54 Å². The average Bonchev–Trinajstić information content (AvgIpc) is 2.36. The van der Waals surface area contributed by atoms with Crippen LogP contribution in [0.15, 0.2) is 18.2 Å². The zero-order valence-corrected chi connectivity index (χ0v) is 12.0. The predicted octanol–water partition coefficient (Wildman–Crippen LogP) is 2.74. The van der Waals surface area contributed by atoms with Gasteiger partial charge in [0.2, 0.25) is 0 Å². The number of unbranched alkanes of at least 4 members (excludes halogenated alkanes) is 2. The number of phenols is 2. The number of benzene rings is 1. The van der Waals surface area contributed by atoms with Gasteiger partial charge in [-0.15, -0.1) is 0 Å². The summed E-state index contributed by atoms with van der Waals surface area (Å²) in [7, 11) is 1.69. The molecule has 0 saturated heterocycles. The molecule has 0 aliphatic heterocycles. The lowest BCUT2D eigenvalue weighted by atomic mass is 10.1. The van der Waals surface area contributed by atoms with Gasteiger partial charge in [-0.25, -0.2) is 0 Å². The number of phenolic OH excluding ortho intramolecular Hbond substituents is 2. The second-order valence-corrected chi connectivity index (χ2v) is 4.97. The molecular formula is C13H18BrNO3. The second-order valence-electron chi connectivity index (χ2n) is 4.18. The minimum atomic E-state index is -0.276. The Labute approximate surface area is 115 Å². The number of carbonyl (C=O) groups excluding carboxylic acids is 1. The molecule has 1 rings (SSSR count). The highest BCUT2D eigenvalue weighted by atomic mass is 79.9. The van der Waals surface area contributed by atoms with Gasteiger partial charge in [0.1, 0.15) is 11.5 Å². The second kappa shape index (κ2) is 7.26. The molecule has 0 bridgehead atoms. The fourth-order valence-corrected chi connectivity index (χ4v) is 2.02. The van der Waals surface area contributed by atoms with Gasteiger partial charge in [0.25, 0.3) is 5.91 Å². The number of aromatic hydroxyl groups is 2. The lowest BCUT2D eigenvalue weighted by Crippen LogP contribution is -2.27. The summed E-state index contributed by atoms with van der Waals surface area (Å²) in [6.07, 6.45) is 3.06. The molecule has 0 aliphatic carbocycles. The number of rotatable bonds is 6. The van der Waals surface area contributed by atoms with Gasteiger partial charge >= 0.3 is 0 Å². The molecule has 100 valence electrons. The minimum Gasteiger partial charge on any atom is -0.508 e. The minimum absolute atomic E-state index is 0.0242. The maximum atomic E-state index is 12.0. The third kappa shape index (κ3) is 4.22. The van der Waals surface area contributed by atoms with Crippen molar-refractivity contribution in [2.24, 2.45) is 0 Å². The van der Waals surface area contributed by atoms with Gasteiger partial charge in [0.05, 0.1) is 5.56 Å². The fourth-order valence-electron chi connectivity index (χ4n) is 1.62. The molecular weight excluding hydrogens is 298 g/mol. The summed E-state index contributed by atoms with van der Waals surface area (Å²) < 4.78 is 0. The van der Waals surface area contributed by atoms with E-state index in [1.165, 1.54) is 18.2 Å². The molecule has 0 aliphatic rings. The van der Waals surface area contributed by atoms with Crippen molar-refractivity contribution in [2.75, 3.05) is 18.9 Å². The Kier molecular flexibility index (Phi) is 5.98. The Morgan fingerprint density at radius 1 is 1.28 bits per heavy atom. The van der Waals surface area contributed by atoms with E-state index in [9.17, 15) is 15.0 Å². The number of amides is 1. The summed E-state index contributed by atoms with van der Waals surface area (Å²) in [5, 5.41) is 19.9. The van der Waals surface area contributed by atoms with Crippen molar-refractivity contribution < 1.29 is 15.0 Å². The number of carbonyl (C=O) groups is 1. The summed E-state index contributed by atoms with van der Waals surface area (Å²) in [5.74, 6) is -0.406. The van der Waals surface area contributed by atoms with E-state index in [0.717, 1.165) is 24.6 Å². The quantitative estimate of drug-likeness (QED) is 0.482. The molecule has 0 aromatic heterocycles. The van der Waals surface area contributed by atoms with Crippen LogP contribution < -0.4 is 0 Å². The summed E-state index contributed by atoms with van der Waals surface area (Å²) in [6, 6.07) is 3.95. The van der Waals surface area contributed by atoms with Gasteiger partial charge in [-0.05, 0) is 31.0 Å². The third-order valence-electron chi connectivity index (χ3n) is 2.68. The van der Waals surface area contributed by atoms with E-state index in [-0.39, 0.29) is 23.0 Å². The van der Waals surface area contributed by atoms with Crippen molar-refractivity contribution in [3.8, 4) is 11.5 Å². The first-order valence-corrected chi connectivity index (χ1v) is 7.02. The van der Waals surface area contributed by atoms with E-state index in [1.54, 1.807) is 11.9 Å². The summed E-state index contributed by atoms with van der Waals surface area (Å²) in [4.78, 5) is 13.6. The maximum absolute atomic E-state index is 12.0. The Hall–Kier alpha value is -1.23. The van der Waals surface area contributed by atoms with Crippen LogP contribution in [-0.4, -0.2) is 39.9 Å². The third-order valence-corrected chi connectivity index (χ3v) is 3.25. The Bertz CT molecular complexity index is 409. The molecule has 0 spiro atoms. The number of halogens is 1. The summed E-state index contributed by atoms with van der Waals surface area (Å²) in [5.41, 5.74) is 0.137. The number of alkyl halides is 1. The van der Waals surface area contributed by atoms with Crippen LogP contribution in [0.4, 0.5) is 0 Å². The predicted molar refractivity (Wildman–Crippen MR) is 74.4 cm³/mol. The molecule has 1 aromatic rings. The molecule has 1 aromatic carbocycles. The molecule has 0 radical (unpaired) electrons. The molecule has 5 heteroatoms. The first-order valence-electron chi connectivity index (χ1n) is 5.89. The fraction of sp³-hybridized carbons (Fsp3) is 0.462. The molecule has 4 nitrogen and oxygen atoms in total. The van der Waals surface area contributed by atoms with Gasteiger partial charge in [0.15, 0.2) is 0 Å². The van der Waals surface area contributed by atoms with Crippen molar-refractivity contribution in [3.05, 3.63) is 23.8 Å². The molecule has 0 atom stereocenters. The summed E-state index contributed by atoms with van der Waals surface area (Å²) >= 11 is 3.36. The van der Waals surface area contributed by atoms with Crippen LogP contribution in [0.25, 0.3) is 0 Å². The van der Waals surface area contributed by atoms with Gasteiger partial charge in [-0.3, -0.25) is 4.79 Å². The zero-order chi connectivity index (χ0) is 13.5. The first-order chi connectivity index (χ1) is 8.56. The van der Waals surface area contributed by atoms with Crippen LogP contribution in [0.3, 0.4) is 0 Å². The Morgan fingerprint density at radius 3 is 2.67 bits per heavy atom. The highest BCUT2D eigenvalue weighted by Gasteiger charge is 2.15. The van der Waals surface area contributed by atoms with E-state index in [4.69, 9.17) is 0 Å². The topological polar surface area (TPSA) is 60.8 Å². The van der Waals surface area contributed by atoms with E-state index in [2.05, 4.69) is 15.9 Å². The molecule has 18 heavy (non-hydrogen) atoms. The first kappa shape index (κ1) is 14.8. The number of hydrogen-bond acceptors (Lipinski definition) is 3. The van der Waals surface area contributed by atoms with Crippen LogP contribution in [0, 0.1) is 0 Å². The van der Waals surface area contributed by atoms with Gasteiger partial charge < -0.3 is 15.1 Å². The largest absolute Gasteiger partial charge is 0.508 e. The molecule has 0 unspecified atom stereocenters. The van der Waals surface area contributed by atoms with Crippen LogP contribution in [0.1, 0.15) is 29.6 Å². The maximum Gasteiger partial charge on any atom is 0.257 e. The van der Waals surface area contributed by atoms with Crippen molar-refractivity contribution in [3.63, 3.8) is 0 Å². The average molecular weight is 316 g/mol. The standard InChI is InChI=1S/C13H18BrNO3/c1-15(8-4-2-3-7-14)13(18)11-9-10(16)5-6-12(11)17/h5-6,9,16-17H,2-4,7-8H2,1H3. The highest BCUT2D eigenvalue weighted by molar-refractivity contribution is 9.09. The summed E-state index contributed by atoms with van der Waals surface area (Å²) in [6.45, 7) is 0.640. The Morgan fingerprint density at radius 2 is 2.00 bits per heavy atom. The van der Waals surface area contributed by atoms with Crippen molar-refractivity contribution in [1.29, 1.82) is 0 Å². The van der Waals surface area contributed by atoms with Gasteiger partial charge in [0, 0.05) is 18.9 Å². The van der Waals surface area contributed by atoms with Gasteiger partial charge in [-0.1, -0.05) is 22.4 Å². The van der Waals surface area contributed by atoms with E-state index < -0.39 is 0 Å². The van der Waals surface area contributed by atoms with Crippen LogP contribution in [0.2, 0.25) is 0 Å². The molecule has 1 amide bonds. The van der Waals surface area contributed by atoms with Crippen molar-refractivity contribution >= 4 is 21.8 Å². The molecule has 0 heterocycles. The zero-order valence-electron chi connectivity index (χ0n) is 10.4.